The van der Waals surface area contributed by atoms with Crippen LogP contribution >= 0.6 is 0 Å². The molecule has 0 aliphatic heterocycles. The molecular weight excluding hydrogens is 857 g/mol. The van der Waals surface area contributed by atoms with Gasteiger partial charge < -0.3 is 9.47 Å². The fraction of sp³-hybridized carbons (Fsp3) is 0.0145. The molecule has 332 valence electrons. The molecular formula is C69H46N2. The minimum atomic E-state index is -0.518. The van der Waals surface area contributed by atoms with Gasteiger partial charge in [-0.1, -0.05) is 206 Å². The lowest BCUT2D eigenvalue weighted by Gasteiger charge is -2.35. The molecule has 1 aliphatic carbocycles. The summed E-state index contributed by atoms with van der Waals surface area (Å²) < 4.78 is 2.41. The number of rotatable bonds is 8. The van der Waals surface area contributed by atoms with E-state index in [2.05, 4.69) is 289 Å². The van der Waals surface area contributed by atoms with Gasteiger partial charge in [0.25, 0.3) is 0 Å². The van der Waals surface area contributed by atoms with Crippen molar-refractivity contribution in [1.82, 2.24) is 4.57 Å². The second-order valence-corrected chi connectivity index (χ2v) is 18.9. The lowest BCUT2D eigenvalue weighted by atomic mass is 9.67. The number of nitrogens with zero attached hydrogens (tertiary/aromatic N) is 2. The van der Waals surface area contributed by atoms with Crippen molar-refractivity contribution in [3.63, 3.8) is 0 Å². The molecule has 2 nitrogen and oxygen atoms in total. The fourth-order valence-corrected chi connectivity index (χ4v) is 11.8. The fourth-order valence-electron chi connectivity index (χ4n) is 11.8. The largest absolute Gasteiger partial charge is 0.310 e. The summed E-state index contributed by atoms with van der Waals surface area (Å²) in [6.45, 7) is 0. The quantitative estimate of drug-likeness (QED) is 0.147. The van der Waals surface area contributed by atoms with Gasteiger partial charge in [0, 0.05) is 33.5 Å². The molecule has 0 atom stereocenters. The van der Waals surface area contributed by atoms with Crippen LogP contribution in [0.1, 0.15) is 22.3 Å². The third-order valence-electron chi connectivity index (χ3n) is 15.0. The van der Waals surface area contributed by atoms with Gasteiger partial charge in [0.15, 0.2) is 0 Å². The number of benzene rings is 12. The molecule has 71 heavy (non-hydrogen) atoms. The average molecular weight is 903 g/mol. The predicted molar refractivity (Wildman–Crippen MR) is 299 cm³/mol. The first-order chi connectivity index (χ1) is 35.2. The Balaban J connectivity index is 0.904. The molecule has 12 aromatic carbocycles. The Morgan fingerprint density at radius 2 is 0.817 bits per heavy atom. The van der Waals surface area contributed by atoms with Gasteiger partial charge in [-0.2, -0.15) is 0 Å². The van der Waals surface area contributed by atoms with Gasteiger partial charge >= 0.3 is 0 Å². The van der Waals surface area contributed by atoms with Crippen LogP contribution in [-0.4, -0.2) is 4.57 Å². The topological polar surface area (TPSA) is 8.17 Å². The molecule has 13 aromatic rings. The second-order valence-electron chi connectivity index (χ2n) is 18.9. The number of fused-ring (bicyclic) bond motifs is 8. The number of anilines is 3. The highest BCUT2D eigenvalue weighted by molar-refractivity contribution is 6.11. The monoisotopic (exact) mass is 902 g/mol. The maximum absolute atomic E-state index is 2.46. The second kappa shape index (κ2) is 16.5. The van der Waals surface area contributed by atoms with E-state index in [1.807, 2.05) is 0 Å². The molecule has 0 radical (unpaired) electrons. The minimum absolute atomic E-state index is 0.518. The average Bonchev–Trinajstić information content (AvgIpc) is 3.94. The van der Waals surface area contributed by atoms with Crippen LogP contribution in [0.3, 0.4) is 0 Å². The van der Waals surface area contributed by atoms with Gasteiger partial charge in [-0.15, -0.1) is 0 Å². The van der Waals surface area contributed by atoms with Gasteiger partial charge in [0.05, 0.1) is 16.4 Å². The first kappa shape index (κ1) is 40.8. The number of aromatic nitrogens is 1. The number of para-hydroxylation sites is 1. The number of hydrogen-bond donors (Lipinski definition) is 0. The normalized spacial score (nSPS) is 12.6. The molecule has 14 rings (SSSR count). The van der Waals surface area contributed by atoms with E-state index in [0.717, 1.165) is 28.2 Å². The summed E-state index contributed by atoms with van der Waals surface area (Å²) in [7, 11) is 0. The molecule has 0 N–H and O–H groups in total. The smallest absolute Gasteiger partial charge is 0.0714 e. The van der Waals surface area contributed by atoms with Gasteiger partial charge in [-0.25, -0.2) is 0 Å². The standard InChI is InChI=1S/C69H46N2/c1-3-24-55(25-4-1)69(56-26-5-2-6-27-56)65-31-13-11-29-61(65)62-39-38-60(46-66(62)69)70(58-36-33-47-17-7-9-19-51(47)42-58)57-28-16-23-53(44-57)49-21-15-22-50(41-49)54-35-40-68-64(45-54)63-30-12-14-32-67(63)71(68)59-37-34-48-18-8-10-20-52(48)43-59/h1-46H. The van der Waals surface area contributed by atoms with E-state index in [1.165, 1.54) is 93.5 Å². The molecule has 0 unspecified atom stereocenters. The first-order valence-corrected chi connectivity index (χ1v) is 24.6. The van der Waals surface area contributed by atoms with Crippen molar-refractivity contribution in [3.8, 4) is 39.1 Å². The summed E-state index contributed by atoms with van der Waals surface area (Å²) in [5.41, 5.74) is 18.7. The van der Waals surface area contributed by atoms with Crippen LogP contribution in [0.25, 0.3) is 82.4 Å². The zero-order chi connectivity index (χ0) is 46.9. The van der Waals surface area contributed by atoms with Crippen molar-refractivity contribution in [2.45, 2.75) is 5.41 Å². The van der Waals surface area contributed by atoms with Crippen molar-refractivity contribution in [2.75, 3.05) is 4.90 Å². The van der Waals surface area contributed by atoms with Crippen molar-refractivity contribution in [2.24, 2.45) is 0 Å². The van der Waals surface area contributed by atoms with Crippen LogP contribution in [0.4, 0.5) is 17.1 Å². The highest BCUT2D eigenvalue weighted by Gasteiger charge is 2.46. The molecule has 0 saturated heterocycles. The van der Waals surface area contributed by atoms with Crippen molar-refractivity contribution < 1.29 is 0 Å². The van der Waals surface area contributed by atoms with Crippen molar-refractivity contribution >= 4 is 60.4 Å². The Bertz CT molecular complexity index is 4140. The van der Waals surface area contributed by atoms with Gasteiger partial charge in [0.1, 0.15) is 0 Å². The first-order valence-electron chi connectivity index (χ1n) is 24.6. The molecule has 0 amide bonds. The van der Waals surface area contributed by atoms with Crippen LogP contribution in [0.15, 0.2) is 279 Å². The third-order valence-corrected chi connectivity index (χ3v) is 15.0. The zero-order valence-corrected chi connectivity index (χ0v) is 39.0. The Morgan fingerprint density at radius 1 is 0.282 bits per heavy atom. The lowest BCUT2D eigenvalue weighted by Crippen LogP contribution is -2.28. The van der Waals surface area contributed by atoms with E-state index in [4.69, 9.17) is 0 Å². The van der Waals surface area contributed by atoms with Crippen LogP contribution in [0.5, 0.6) is 0 Å². The van der Waals surface area contributed by atoms with Crippen LogP contribution in [0, 0.1) is 0 Å². The summed E-state index contributed by atoms with van der Waals surface area (Å²) in [5.74, 6) is 0. The summed E-state index contributed by atoms with van der Waals surface area (Å²) in [6.07, 6.45) is 0. The number of hydrogen-bond acceptors (Lipinski definition) is 1. The maximum atomic E-state index is 2.46. The summed E-state index contributed by atoms with van der Waals surface area (Å²) in [6, 6.07) is 103. The van der Waals surface area contributed by atoms with Crippen molar-refractivity contribution in [1.29, 1.82) is 0 Å². The third kappa shape index (κ3) is 6.57. The Labute approximate surface area is 413 Å². The van der Waals surface area contributed by atoms with E-state index in [0.29, 0.717) is 0 Å². The van der Waals surface area contributed by atoms with E-state index >= 15 is 0 Å². The molecule has 0 saturated carbocycles. The van der Waals surface area contributed by atoms with Crippen molar-refractivity contribution in [3.05, 3.63) is 301 Å². The maximum Gasteiger partial charge on any atom is 0.0714 e. The van der Waals surface area contributed by atoms with E-state index in [-0.39, 0.29) is 0 Å². The minimum Gasteiger partial charge on any atom is -0.310 e. The highest BCUT2D eigenvalue weighted by atomic mass is 15.1. The van der Waals surface area contributed by atoms with Gasteiger partial charge in [0.2, 0.25) is 0 Å². The molecule has 0 spiro atoms. The molecule has 2 heteroatoms. The molecule has 1 aliphatic rings. The van der Waals surface area contributed by atoms with Gasteiger partial charge in [-0.3, -0.25) is 0 Å². The highest BCUT2D eigenvalue weighted by Crippen LogP contribution is 2.57. The molecule has 1 heterocycles. The Hall–Kier alpha value is -9.24. The van der Waals surface area contributed by atoms with E-state index in [9.17, 15) is 0 Å². The van der Waals surface area contributed by atoms with Crippen LogP contribution < -0.4 is 4.90 Å². The Morgan fingerprint density at radius 3 is 1.58 bits per heavy atom. The SMILES string of the molecule is c1ccc(C2(c3ccccc3)c3ccccc3-c3ccc(N(c4cccc(-c5cccc(-c6ccc7c(c6)c6ccccc6n7-c6ccc7ccccc7c6)c5)c4)c4ccc5ccccc5c4)cc32)cc1. The predicted octanol–water partition coefficient (Wildman–Crippen LogP) is 18.3. The summed E-state index contributed by atoms with van der Waals surface area (Å²) in [4.78, 5) is 2.45. The van der Waals surface area contributed by atoms with E-state index in [1.54, 1.807) is 0 Å². The lowest BCUT2D eigenvalue weighted by molar-refractivity contribution is 0.768. The van der Waals surface area contributed by atoms with Crippen LogP contribution in [0.2, 0.25) is 0 Å². The Kier molecular flexibility index (Phi) is 9.47. The molecule has 1 aromatic heterocycles. The summed E-state index contributed by atoms with van der Waals surface area (Å²) in [5, 5.41) is 7.39. The molecule has 0 bridgehead atoms. The van der Waals surface area contributed by atoms with Gasteiger partial charge in [-0.05, 0) is 150 Å². The van der Waals surface area contributed by atoms with Crippen LogP contribution in [-0.2, 0) is 5.41 Å². The van der Waals surface area contributed by atoms with E-state index < -0.39 is 5.41 Å². The summed E-state index contributed by atoms with van der Waals surface area (Å²) >= 11 is 0. The molecule has 0 fully saturated rings. The zero-order valence-electron chi connectivity index (χ0n) is 39.0.